The van der Waals surface area contributed by atoms with Crippen LogP contribution < -0.4 is 4.74 Å². The average molecular weight is 362 g/mol. The van der Waals surface area contributed by atoms with E-state index in [9.17, 15) is 5.11 Å². The molecule has 0 saturated carbocycles. The minimum Gasteiger partial charge on any atom is -0.491 e. The molecule has 146 valence electrons. The highest BCUT2D eigenvalue weighted by Gasteiger charge is 2.42. The van der Waals surface area contributed by atoms with Gasteiger partial charge in [-0.2, -0.15) is 0 Å². The maximum Gasteiger partial charge on any atom is 0.122 e. The molecule has 2 saturated heterocycles. The Kier molecular flexibility index (Phi) is 6.26. The Hall–Kier alpha value is -1.10. The van der Waals surface area contributed by atoms with Crippen molar-refractivity contribution in [3.8, 4) is 5.75 Å². The summed E-state index contributed by atoms with van der Waals surface area (Å²) in [5, 5.41) is 10.2. The highest BCUT2D eigenvalue weighted by molar-refractivity contribution is 5.36. The number of benzene rings is 1. The Bertz CT molecular complexity index is 593. The van der Waals surface area contributed by atoms with Crippen molar-refractivity contribution in [2.45, 2.75) is 90.3 Å². The van der Waals surface area contributed by atoms with Crippen LogP contribution in [0, 0.1) is 6.92 Å². The molecule has 2 atom stereocenters. The zero-order chi connectivity index (χ0) is 18.7. The largest absolute Gasteiger partial charge is 0.491 e. The normalized spacial score (nSPS) is 26.4. The highest BCUT2D eigenvalue weighted by atomic mass is 16.5. The molecular weight excluding hydrogens is 326 g/mol. The molecule has 1 aromatic carbocycles. The molecule has 4 nitrogen and oxygen atoms in total. The van der Waals surface area contributed by atoms with E-state index >= 15 is 0 Å². The summed E-state index contributed by atoms with van der Waals surface area (Å²) in [6, 6.07) is 6.53. The Morgan fingerprint density at radius 2 is 2.04 bits per heavy atom. The van der Waals surface area contributed by atoms with Crippen molar-refractivity contribution in [2.24, 2.45) is 0 Å². The van der Waals surface area contributed by atoms with Gasteiger partial charge in [0.15, 0.2) is 0 Å². The van der Waals surface area contributed by atoms with Gasteiger partial charge in [0.25, 0.3) is 0 Å². The Balaban J connectivity index is 1.56. The molecule has 3 rings (SSSR count). The van der Waals surface area contributed by atoms with Crippen LogP contribution in [0.15, 0.2) is 18.2 Å². The van der Waals surface area contributed by atoms with Crippen LogP contribution in [0.25, 0.3) is 0 Å². The number of aliphatic hydroxyl groups is 1. The summed E-state index contributed by atoms with van der Waals surface area (Å²) in [4.78, 5) is 2.51. The number of ether oxygens (including phenoxy) is 2. The molecule has 0 bridgehead atoms. The van der Waals surface area contributed by atoms with Crippen molar-refractivity contribution in [3.05, 3.63) is 29.3 Å². The van der Waals surface area contributed by atoms with E-state index in [1.54, 1.807) is 0 Å². The Labute approximate surface area is 158 Å². The van der Waals surface area contributed by atoms with Gasteiger partial charge in [-0.3, -0.25) is 4.90 Å². The third-order valence-corrected chi connectivity index (χ3v) is 5.79. The second kappa shape index (κ2) is 8.28. The van der Waals surface area contributed by atoms with E-state index in [1.165, 1.54) is 11.1 Å². The lowest BCUT2D eigenvalue weighted by atomic mass is 9.81. The standard InChI is InChI=1S/C22H35NO3/c1-5-20-13-19(24)14-22(26-20)8-10-23(11-9-22)15-18-6-7-21(17(4)12-18)25-16(2)3/h6-7,12,16,19-20,24H,5,8-11,13-15H2,1-4H3/t19-,20+/m1/s1. The monoisotopic (exact) mass is 361 g/mol. The van der Waals surface area contributed by atoms with Gasteiger partial charge in [0.2, 0.25) is 0 Å². The van der Waals surface area contributed by atoms with Crippen LogP contribution in [0.1, 0.15) is 64.0 Å². The number of piperidine rings is 1. The molecule has 4 heteroatoms. The quantitative estimate of drug-likeness (QED) is 0.858. The molecular formula is C22H35NO3. The molecule has 2 heterocycles. The topological polar surface area (TPSA) is 41.9 Å². The molecule has 0 amide bonds. The second-order valence-corrected chi connectivity index (χ2v) is 8.47. The third kappa shape index (κ3) is 4.79. The fraction of sp³-hybridized carbons (Fsp3) is 0.727. The average Bonchev–Trinajstić information content (AvgIpc) is 2.58. The fourth-order valence-corrected chi connectivity index (χ4v) is 4.41. The van der Waals surface area contributed by atoms with Gasteiger partial charge in [-0.1, -0.05) is 19.1 Å². The first-order valence-electron chi connectivity index (χ1n) is 10.2. The summed E-state index contributed by atoms with van der Waals surface area (Å²) < 4.78 is 12.2. The lowest BCUT2D eigenvalue weighted by Gasteiger charge is -2.48. The predicted octanol–water partition coefficient (Wildman–Crippen LogP) is 4.07. The third-order valence-electron chi connectivity index (χ3n) is 5.79. The molecule has 0 radical (unpaired) electrons. The molecule has 2 aliphatic rings. The molecule has 2 aliphatic heterocycles. The molecule has 1 spiro atoms. The summed E-state index contributed by atoms with van der Waals surface area (Å²) in [5.41, 5.74) is 2.44. The van der Waals surface area contributed by atoms with E-state index in [0.29, 0.717) is 0 Å². The van der Waals surface area contributed by atoms with E-state index in [-0.39, 0.29) is 23.9 Å². The van der Waals surface area contributed by atoms with Crippen molar-refractivity contribution < 1.29 is 14.6 Å². The molecule has 0 aromatic heterocycles. The van der Waals surface area contributed by atoms with Crippen LogP contribution >= 0.6 is 0 Å². The fourth-order valence-electron chi connectivity index (χ4n) is 4.41. The Morgan fingerprint density at radius 1 is 1.31 bits per heavy atom. The van der Waals surface area contributed by atoms with E-state index in [4.69, 9.17) is 9.47 Å². The molecule has 26 heavy (non-hydrogen) atoms. The number of likely N-dealkylation sites (tertiary alicyclic amines) is 1. The molecule has 0 unspecified atom stereocenters. The predicted molar refractivity (Wildman–Crippen MR) is 105 cm³/mol. The van der Waals surface area contributed by atoms with Crippen LogP contribution in [0.2, 0.25) is 0 Å². The van der Waals surface area contributed by atoms with E-state index < -0.39 is 0 Å². The number of rotatable bonds is 5. The van der Waals surface area contributed by atoms with Crippen molar-refractivity contribution in [2.75, 3.05) is 13.1 Å². The summed E-state index contributed by atoms with van der Waals surface area (Å²) in [6.07, 6.45) is 4.87. The highest BCUT2D eigenvalue weighted by Crippen LogP contribution is 2.38. The number of hydrogen-bond acceptors (Lipinski definition) is 4. The maximum atomic E-state index is 10.2. The van der Waals surface area contributed by atoms with E-state index in [2.05, 4.69) is 50.8 Å². The second-order valence-electron chi connectivity index (χ2n) is 8.47. The van der Waals surface area contributed by atoms with Crippen LogP contribution in [-0.4, -0.2) is 47.0 Å². The van der Waals surface area contributed by atoms with Crippen LogP contribution in [-0.2, 0) is 11.3 Å². The summed E-state index contributed by atoms with van der Waals surface area (Å²) in [7, 11) is 0. The van der Waals surface area contributed by atoms with Gasteiger partial charge >= 0.3 is 0 Å². The molecule has 0 aliphatic carbocycles. The van der Waals surface area contributed by atoms with Gasteiger partial charge < -0.3 is 14.6 Å². The van der Waals surface area contributed by atoms with Gasteiger partial charge in [-0.05, 0) is 63.6 Å². The first kappa shape index (κ1) is 19.7. The summed E-state index contributed by atoms with van der Waals surface area (Å²) in [5.74, 6) is 0.983. The molecule has 1 N–H and O–H groups in total. The van der Waals surface area contributed by atoms with E-state index in [0.717, 1.165) is 57.5 Å². The van der Waals surface area contributed by atoms with Crippen molar-refractivity contribution in [1.82, 2.24) is 4.90 Å². The van der Waals surface area contributed by atoms with Gasteiger partial charge in [0.1, 0.15) is 5.75 Å². The molecule has 1 aromatic rings. The number of aryl methyl sites for hydroxylation is 1. The minimum atomic E-state index is -0.198. The maximum absolute atomic E-state index is 10.2. The summed E-state index contributed by atoms with van der Waals surface area (Å²) >= 11 is 0. The van der Waals surface area contributed by atoms with Crippen molar-refractivity contribution in [3.63, 3.8) is 0 Å². The number of aliphatic hydroxyl groups excluding tert-OH is 1. The Morgan fingerprint density at radius 3 is 2.65 bits per heavy atom. The van der Waals surface area contributed by atoms with Gasteiger partial charge in [0, 0.05) is 26.1 Å². The minimum absolute atomic E-state index is 0.0975. The summed E-state index contributed by atoms with van der Waals surface area (Å²) in [6.45, 7) is 11.4. The first-order valence-corrected chi connectivity index (χ1v) is 10.2. The zero-order valence-corrected chi connectivity index (χ0v) is 16.8. The van der Waals surface area contributed by atoms with Crippen molar-refractivity contribution >= 4 is 0 Å². The van der Waals surface area contributed by atoms with Gasteiger partial charge in [0.05, 0.1) is 23.9 Å². The smallest absolute Gasteiger partial charge is 0.122 e. The lowest BCUT2D eigenvalue weighted by molar-refractivity contribution is -0.182. The van der Waals surface area contributed by atoms with Gasteiger partial charge in [-0.15, -0.1) is 0 Å². The zero-order valence-electron chi connectivity index (χ0n) is 16.8. The van der Waals surface area contributed by atoms with E-state index in [1.807, 2.05) is 0 Å². The van der Waals surface area contributed by atoms with Crippen molar-refractivity contribution in [1.29, 1.82) is 0 Å². The lowest BCUT2D eigenvalue weighted by Crippen LogP contribution is -2.52. The van der Waals surface area contributed by atoms with Crippen LogP contribution in [0.3, 0.4) is 0 Å². The van der Waals surface area contributed by atoms with Crippen LogP contribution in [0.4, 0.5) is 0 Å². The molecule has 2 fully saturated rings. The number of hydrogen-bond donors (Lipinski definition) is 1. The van der Waals surface area contributed by atoms with Crippen LogP contribution in [0.5, 0.6) is 5.75 Å². The SMILES string of the molecule is CC[C@H]1C[C@@H](O)CC2(CCN(Cc3ccc(OC(C)C)c(C)c3)CC2)O1. The first-order chi connectivity index (χ1) is 12.4. The number of nitrogens with zero attached hydrogens (tertiary/aromatic N) is 1. The van der Waals surface area contributed by atoms with Gasteiger partial charge in [-0.25, -0.2) is 0 Å².